The van der Waals surface area contributed by atoms with Crippen LogP contribution in [0.3, 0.4) is 0 Å². The van der Waals surface area contributed by atoms with E-state index in [0.29, 0.717) is 25.3 Å². The van der Waals surface area contributed by atoms with Crippen molar-refractivity contribution in [2.75, 3.05) is 11.9 Å². The number of carbonyl (C=O) groups excluding carboxylic acids is 3. The van der Waals surface area contributed by atoms with Crippen LogP contribution in [0.2, 0.25) is 0 Å². The molecule has 1 aromatic heterocycles. The van der Waals surface area contributed by atoms with Crippen LogP contribution in [0.5, 0.6) is 0 Å². The van der Waals surface area contributed by atoms with Crippen molar-refractivity contribution in [1.82, 2.24) is 15.5 Å². The molecule has 158 valence electrons. The molecule has 1 aliphatic heterocycles. The van der Waals surface area contributed by atoms with Crippen LogP contribution in [0.4, 0.5) is 5.88 Å². The molecule has 9 heteroatoms. The second-order valence-electron chi connectivity index (χ2n) is 8.87. The average molecular weight is 404 g/mol. The zero-order chi connectivity index (χ0) is 20.4. The van der Waals surface area contributed by atoms with Gasteiger partial charge in [0.15, 0.2) is 0 Å². The number of hydrogen-bond acceptors (Lipinski definition) is 6. The van der Waals surface area contributed by atoms with Gasteiger partial charge in [-0.3, -0.25) is 24.9 Å². The Morgan fingerprint density at radius 2 is 2.07 bits per heavy atom. The highest BCUT2D eigenvalue weighted by Gasteiger charge is 2.56. The second kappa shape index (κ2) is 8.14. The van der Waals surface area contributed by atoms with Crippen LogP contribution in [0.15, 0.2) is 16.8 Å². The quantitative estimate of drug-likeness (QED) is 0.472. The van der Waals surface area contributed by atoms with Crippen molar-refractivity contribution in [3.8, 4) is 0 Å². The van der Waals surface area contributed by atoms with Crippen molar-refractivity contribution in [2.24, 2.45) is 17.3 Å². The van der Waals surface area contributed by atoms with Gasteiger partial charge in [0.2, 0.25) is 23.6 Å². The molecular formula is C20H28N4O5. The molecule has 0 bridgehead atoms. The molecule has 2 unspecified atom stereocenters. The van der Waals surface area contributed by atoms with Gasteiger partial charge in [-0.25, -0.2) is 5.48 Å². The molecular weight excluding hydrogens is 376 g/mol. The Morgan fingerprint density at radius 1 is 1.31 bits per heavy atom. The fraction of sp³-hybridized carbons (Fsp3) is 0.700. The number of nitrogens with one attached hydrogen (secondary N) is 2. The number of amides is 3. The molecule has 2 saturated carbocycles. The molecule has 1 spiro atoms. The number of aromatic nitrogens is 1. The normalized spacial score (nSPS) is 23.9. The molecule has 0 aromatic carbocycles. The largest absolute Gasteiger partial charge is 0.338 e. The summed E-state index contributed by atoms with van der Waals surface area (Å²) in [5.74, 6) is -0.883. The average Bonchev–Trinajstić information content (AvgIpc) is 3.13. The van der Waals surface area contributed by atoms with E-state index in [1.165, 1.54) is 6.20 Å². The van der Waals surface area contributed by atoms with Crippen LogP contribution in [0.1, 0.15) is 57.8 Å². The molecule has 2 aliphatic carbocycles. The first-order chi connectivity index (χ1) is 14.0. The number of rotatable bonds is 7. The molecule has 1 saturated heterocycles. The van der Waals surface area contributed by atoms with Crippen molar-refractivity contribution < 1.29 is 24.1 Å². The van der Waals surface area contributed by atoms with E-state index in [2.05, 4.69) is 10.5 Å². The maximum atomic E-state index is 13.5. The number of nitrogens with zero attached hydrogens (tertiary/aromatic N) is 2. The lowest BCUT2D eigenvalue weighted by molar-refractivity contribution is -0.144. The lowest BCUT2D eigenvalue weighted by Gasteiger charge is -2.29. The van der Waals surface area contributed by atoms with Gasteiger partial charge in [-0.15, -0.1) is 0 Å². The highest BCUT2D eigenvalue weighted by molar-refractivity contribution is 5.97. The smallest absolute Gasteiger partial charge is 0.249 e. The van der Waals surface area contributed by atoms with Crippen LogP contribution in [0.25, 0.3) is 0 Å². The van der Waals surface area contributed by atoms with E-state index in [1.807, 2.05) is 0 Å². The first kappa shape index (κ1) is 19.9. The highest BCUT2D eigenvalue weighted by Crippen LogP contribution is 2.55. The van der Waals surface area contributed by atoms with Gasteiger partial charge in [0.25, 0.3) is 0 Å². The molecule has 0 radical (unpaired) electrons. The summed E-state index contributed by atoms with van der Waals surface area (Å²) in [4.78, 5) is 39.8. The lowest BCUT2D eigenvalue weighted by Crippen LogP contribution is -2.46. The maximum absolute atomic E-state index is 13.5. The zero-order valence-corrected chi connectivity index (χ0v) is 16.4. The molecule has 2 atom stereocenters. The lowest BCUT2D eigenvalue weighted by atomic mass is 9.89. The standard InChI is InChI=1S/C20H28N4O5/c25-16(23-28)10-14(9-13-3-1-2-4-13)19(27)24-12-20(6-7-20)11-15(24)18(26)22-17-5-8-21-29-17/h5,8,13-15,28H,1-4,6-7,9-12H2,(H,22,26)(H,23,25). The van der Waals surface area contributed by atoms with Gasteiger partial charge in [-0.05, 0) is 37.0 Å². The van der Waals surface area contributed by atoms with Crippen molar-refractivity contribution in [3.05, 3.63) is 12.3 Å². The van der Waals surface area contributed by atoms with E-state index in [1.54, 1.807) is 16.4 Å². The number of anilines is 1. The highest BCUT2D eigenvalue weighted by atomic mass is 16.5. The number of carbonyl (C=O) groups is 3. The van der Waals surface area contributed by atoms with Gasteiger partial charge in [0, 0.05) is 24.9 Å². The Morgan fingerprint density at radius 3 is 2.69 bits per heavy atom. The predicted octanol–water partition coefficient (Wildman–Crippen LogP) is 2.09. The monoisotopic (exact) mass is 404 g/mol. The van der Waals surface area contributed by atoms with Crippen LogP contribution in [-0.2, 0) is 14.4 Å². The Labute approximate surface area is 169 Å². The molecule has 2 heterocycles. The summed E-state index contributed by atoms with van der Waals surface area (Å²) < 4.78 is 4.96. The SMILES string of the molecule is O=C(CC(CC1CCCC1)C(=O)N1CC2(CC2)CC1C(=O)Nc1ccno1)NO. The molecule has 4 rings (SSSR count). The van der Waals surface area contributed by atoms with Crippen molar-refractivity contribution in [3.63, 3.8) is 0 Å². The van der Waals surface area contributed by atoms with E-state index in [-0.39, 0.29) is 29.5 Å². The van der Waals surface area contributed by atoms with Crippen molar-refractivity contribution in [1.29, 1.82) is 0 Å². The Balaban J connectivity index is 1.50. The molecule has 29 heavy (non-hydrogen) atoms. The summed E-state index contributed by atoms with van der Waals surface area (Å²) in [5.41, 5.74) is 1.67. The number of likely N-dealkylation sites (tertiary alicyclic amines) is 1. The summed E-state index contributed by atoms with van der Waals surface area (Å²) in [6.45, 7) is 0.544. The van der Waals surface area contributed by atoms with E-state index in [9.17, 15) is 14.4 Å². The minimum Gasteiger partial charge on any atom is -0.338 e. The summed E-state index contributed by atoms with van der Waals surface area (Å²) in [7, 11) is 0. The number of hydroxylamine groups is 1. The van der Waals surface area contributed by atoms with Gasteiger partial charge in [-0.1, -0.05) is 30.8 Å². The fourth-order valence-corrected chi connectivity index (χ4v) is 4.97. The predicted molar refractivity (Wildman–Crippen MR) is 102 cm³/mol. The third-order valence-corrected chi connectivity index (χ3v) is 6.73. The van der Waals surface area contributed by atoms with Crippen LogP contribution < -0.4 is 10.8 Å². The van der Waals surface area contributed by atoms with E-state index in [4.69, 9.17) is 9.73 Å². The van der Waals surface area contributed by atoms with Crippen LogP contribution in [-0.4, -0.2) is 45.6 Å². The van der Waals surface area contributed by atoms with E-state index >= 15 is 0 Å². The summed E-state index contributed by atoms with van der Waals surface area (Å²) >= 11 is 0. The van der Waals surface area contributed by atoms with E-state index in [0.717, 1.165) is 38.5 Å². The molecule has 3 N–H and O–H groups in total. The van der Waals surface area contributed by atoms with Crippen LogP contribution >= 0.6 is 0 Å². The van der Waals surface area contributed by atoms with Crippen LogP contribution in [0, 0.1) is 17.3 Å². The third-order valence-electron chi connectivity index (χ3n) is 6.73. The van der Waals surface area contributed by atoms with Gasteiger partial charge in [-0.2, -0.15) is 0 Å². The first-order valence-electron chi connectivity index (χ1n) is 10.4. The Bertz CT molecular complexity index is 755. The molecule has 3 amide bonds. The van der Waals surface area contributed by atoms with Gasteiger partial charge in [0.1, 0.15) is 6.04 Å². The van der Waals surface area contributed by atoms with E-state index < -0.39 is 17.9 Å². The van der Waals surface area contributed by atoms with Gasteiger partial charge in [0.05, 0.1) is 6.20 Å². The molecule has 3 fully saturated rings. The minimum absolute atomic E-state index is 0.0240. The van der Waals surface area contributed by atoms with Gasteiger partial charge < -0.3 is 9.42 Å². The van der Waals surface area contributed by atoms with Crippen molar-refractivity contribution >= 4 is 23.6 Å². The maximum Gasteiger partial charge on any atom is 0.249 e. The Kier molecular flexibility index (Phi) is 5.58. The molecule has 3 aliphatic rings. The summed E-state index contributed by atoms with van der Waals surface area (Å²) in [6.07, 6.45) is 9.05. The number of hydrogen-bond donors (Lipinski definition) is 3. The molecule has 9 nitrogen and oxygen atoms in total. The third kappa shape index (κ3) is 4.44. The summed E-state index contributed by atoms with van der Waals surface area (Å²) in [5, 5.41) is 15.2. The van der Waals surface area contributed by atoms with Crippen molar-refractivity contribution in [2.45, 2.75) is 63.8 Å². The molecule has 1 aromatic rings. The first-order valence-corrected chi connectivity index (χ1v) is 10.4. The minimum atomic E-state index is -0.585. The second-order valence-corrected chi connectivity index (χ2v) is 8.87. The Hall–Kier alpha value is -2.42. The van der Waals surface area contributed by atoms with Gasteiger partial charge >= 0.3 is 0 Å². The zero-order valence-electron chi connectivity index (χ0n) is 16.4. The summed E-state index contributed by atoms with van der Waals surface area (Å²) in [6, 6.07) is 0.971. The topological polar surface area (TPSA) is 125 Å². The fourth-order valence-electron chi connectivity index (χ4n) is 4.97.